The van der Waals surface area contributed by atoms with Gasteiger partial charge in [0.25, 0.3) is 0 Å². The smallest absolute Gasteiger partial charge is 0.0461 e. The number of hydrogen-bond acceptors (Lipinski definition) is 1. The van der Waals surface area contributed by atoms with Crippen LogP contribution in [0.5, 0.6) is 0 Å². The Morgan fingerprint density at radius 1 is 1.10 bits per heavy atom. The molecule has 0 unspecified atom stereocenters. The quantitative estimate of drug-likeness (QED) is 0.684. The standard InChI is InChI=1S/C19H19N/c1-4-15-10-11-17-18(14-15)20(13-12-19(17,2)3)16-8-6-5-7-9-16/h1,5-11,14H,12-13H2,2-3H3. The number of rotatable bonds is 1. The third-order valence-corrected chi connectivity index (χ3v) is 4.21. The number of hydrogen-bond donors (Lipinski definition) is 0. The molecule has 0 N–H and O–H groups in total. The fourth-order valence-corrected chi connectivity index (χ4v) is 2.94. The molecule has 0 aromatic heterocycles. The van der Waals surface area contributed by atoms with Gasteiger partial charge in [0.15, 0.2) is 0 Å². The summed E-state index contributed by atoms with van der Waals surface area (Å²) in [4.78, 5) is 2.38. The van der Waals surface area contributed by atoms with Crippen molar-refractivity contribution in [2.24, 2.45) is 0 Å². The largest absolute Gasteiger partial charge is 0.341 e. The van der Waals surface area contributed by atoms with Gasteiger partial charge in [-0.05, 0) is 41.7 Å². The van der Waals surface area contributed by atoms with E-state index in [1.165, 1.54) is 16.9 Å². The van der Waals surface area contributed by atoms with E-state index in [2.05, 4.69) is 73.2 Å². The molecule has 0 radical (unpaired) electrons. The van der Waals surface area contributed by atoms with Crippen LogP contribution in [0.25, 0.3) is 0 Å². The fourth-order valence-electron chi connectivity index (χ4n) is 2.94. The zero-order valence-corrected chi connectivity index (χ0v) is 12.1. The lowest BCUT2D eigenvalue weighted by atomic mass is 9.77. The average molecular weight is 261 g/mol. The number of para-hydroxylation sites is 1. The van der Waals surface area contributed by atoms with Gasteiger partial charge in [0.1, 0.15) is 0 Å². The predicted molar refractivity (Wildman–Crippen MR) is 85.5 cm³/mol. The number of anilines is 2. The third-order valence-electron chi connectivity index (χ3n) is 4.21. The van der Waals surface area contributed by atoms with Crippen LogP contribution in [-0.4, -0.2) is 6.54 Å². The molecule has 2 aromatic carbocycles. The molecular weight excluding hydrogens is 242 g/mol. The van der Waals surface area contributed by atoms with Gasteiger partial charge in [-0.1, -0.05) is 44.0 Å². The van der Waals surface area contributed by atoms with Crippen molar-refractivity contribution in [1.29, 1.82) is 0 Å². The Morgan fingerprint density at radius 2 is 1.85 bits per heavy atom. The molecule has 0 fully saturated rings. The van der Waals surface area contributed by atoms with Crippen molar-refractivity contribution in [2.75, 3.05) is 11.4 Å². The van der Waals surface area contributed by atoms with Crippen LogP contribution < -0.4 is 4.90 Å². The van der Waals surface area contributed by atoms with E-state index in [4.69, 9.17) is 6.42 Å². The van der Waals surface area contributed by atoms with Crippen molar-refractivity contribution in [3.8, 4) is 12.3 Å². The second-order valence-electron chi connectivity index (χ2n) is 6.00. The highest BCUT2D eigenvalue weighted by atomic mass is 15.1. The topological polar surface area (TPSA) is 3.24 Å². The molecule has 1 heteroatoms. The second kappa shape index (κ2) is 4.72. The lowest BCUT2D eigenvalue weighted by Gasteiger charge is -2.40. The summed E-state index contributed by atoms with van der Waals surface area (Å²) in [5.74, 6) is 2.75. The predicted octanol–water partition coefficient (Wildman–Crippen LogP) is 4.49. The molecule has 3 rings (SSSR count). The molecule has 100 valence electrons. The molecule has 0 amide bonds. The minimum absolute atomic E-state index is 0.202. The normalized spacial score (nSPS) is 16.4. The van der Waals surface area contributed by atoms with Crippen LogP contribution in [0.3, 0.4) is 0 Å². The van der Waals surface area contributed by atoms with Crippen molar-refractivity contribution < 1.29 is 0 Å². The van der Waals surface area contributed by atoms with Crippen LogP contribution in [0, 0.1) is 12.3 Å². The van der Waals surface area contributed by atoms with E-state index >= 15 is 0 Å². The van der Waals surface area contributed by atoms with Gasteiger partial charge in [-0.2, -0.15) is 0 Å². The summed E-state index contributed by atoms with van der Waals surface area (Å²) in [5.41, 5.74) is 5.02. The van der Waals surface area contributed by atoms with Crippen molar-refractivity contribution in [1.82, 2.24) is 0 Å². The number of benzene rings is 2. The van der Waals surface area contributed by atoms with Gasteiger partial charge < -0.3 is 4.90 Å². The van der Waals surface area contributed by atoms with Crippen LogP contribution in [0.15, 0.2) is 48.5 Å². The molecule has 2 aromatic rings. The van der Waals surface area contributed by atoms with Gasteiger partial charge in [0.2, 0.25) is 0 Å². The molecule has 0 saturated carbocycles. The number of terminal acetylenes is 1. The monoisotopic (exact) mass is 261 g/mol. The van der Waals surface area contributed by atoms with Gasteiger partial charge in [-0.25, -0.2) is 0 Å². The second-order valence-corrected chi connectivity index (χ2v) is 6.00. The van der Waals surface area contributed by atoms with Gasteiger partial charge in [0.05, 0.1) is 0 Å². The maximum absolute atomic E-state index is 5.57. The zero-order valence-electron chi connectivity index (χ0n) is 12.1. The van der Waals surface area contributed by atoms with E-state index in [-0.39, 0.29) is 5.41 Å². The summed E-state index contributed by atoms with van der Waals surface area (Å²) in [6.45, 7) is 5.64. The van der Waals surface area contributed by atoms with E-state index in [0.717, 1.165) is 18.5 Å². The molecule has 0 atom stereocenters. The molecule has 1 heterocycles. The molecule has 1 nitrogen and oxygen atoms in total. The first-order valence-electron chi connectivity index (χ1n) is 7.05. The molecule has 20 heavy (non-hydrogen) atoms. The maximum atomic E-state index is 5.57. The Labute approximate surface area is 121 Å². The zero-order chi connectivity index (χ0) is 14.2. The molecule has 1 aliphatic rings. The Morgan fingerprint density at radius 3 is 2.55 bits per heavy atom. The minimum Gasteiger partial charge on any atom is -0.341 e. The van der Waals surface area contributed by atoms with Crippen LogP contribution in [-0.2, 0) is 5.41 Å². The van der Waals surface area contributed by atoms with Gasteiger partial charge >= 0.3 is 0 Å². The van der Waals surface area contributed by atoms with E-state index < -0.39 is 0 Å². The van der Waals surface area contributed by atoms with Crippen molar-refractivity contribution in [2.45, 2.75) is 25.7 Å². The first-order valence-corrected chi connectivity index (χ1v) is 7.05. The van der Waals surface area contributed by atoms with Crippen LogP contribution in [0.4, 0.5) is 11.4 Å². The number of fused-ring (bicyclic) bond motifs is 1. The summed E-state index contributed by atoms with van der Waals surface area (Å²) in [6, 6.07) is 16.9. The van der Waals surface area contributed by atoms with E-state index in [9.17, 15) is 0 Å². The number of nitrogens with zero attached hydrogens (tertiary/aromatic N) is 1. The van der Waals surface area contributed by atoms with E-state index in [0.29, 0.717) is 0 Å². The molecule has 0 bridgehead atoms. The van der Waals surface area contributed by atoms with Crippen LogP contribution in [0.2, 0.25) is 0 Å². The molecular formula is C19H19N. The minimum atomic E-state index is 0.202. The Kier molecular flexibility index (Phi) is 3.03. The lowest BCUT2D eigenvalue weighted by Crippen LogP contribution is -2.34. The van der Waals surface area contributed by atoms with Gasteiger partial charge in [-0.3, -0.25) is 0 Å². The van der Waals surface area contributed by atoms with Crippen molar-refractivity contribution >= 4 is 11.4 Å². The molecule has 0 saturated heterocycles. The van der Waals surface area contributed by atoms with E-state index in [1.807, 2.05) is 0 Å². The summed E-state index contributed by atoms with van der Waals surface area (Å²) in [7, 11) is 0. The molecule has 1 aliphatic heterocycles. The van der Waals surface area contributed by atoms with Crippen molar-refractivity contribution in [3.63, 3.8) is 0 Å². The van der Waals surface area contributed by atoms with Crippen LogP contribution in [0.1, 0.15) is 31.4 Å². The summed E-state index contributed by atoms with van der Waals surface area (Å²) in [6.07, 6.45) is 6.71. The Bertz CT molecular complexity index is 662. The highest BCUT2D eigenvalue weighted by molar-refractivity contribution is 5.71. The molecule has 0 spiro atoms. The summed E-state index contributed by atoms with van der Waals surface area (Å²) >= 11 is 0. The first-order chi connectivity index (χ1) is 9.62. The SMILES string of the molecule is C#Cc1ccc2c(c1)N(c1ccccc1)CCC2(C)C. The van der Waals surface area contributed by atoms with Crippen LogP contribution >= 0.6 is 0 Å². The average Bonchev–Trinajstić information content (AvgIpc) is 2.47. The highest BCUT2D eigenvalue weighted by Gasteiger charge is 2.31. The third kappa shape index (κ3) is 2.08. The lowest BCUT2D eigenvalue weighted by molar-refractivity contribution is 0.467. The summed E-state index contributed by atoms with van der Waals surface area (Å²) < 4.78 is 0. The van der Waals surface area contributed by atoms with Crippen molar-refractivity contribution in [3.05, 3.63) is 59.7 Å². The van der Waals surface area contributed by atoms with E-state index in [1.54, 1.807) is 0 Å². The first kappa shape index (κ1) is 12.8. The fraction of sp³-hybridized carbons (Fsp3) is 0.263. The maximum Gasteiger partial charge on any atom is 0.0461 e. The summed E-state index contributed by atoms with van der Waals surface area (Å²) in [5, 5.41) is 0. The van der Waals surface area contributed by atoms with Gasteiger partial charge in [0, 0.05) is 23.5 Å². The molecule has 0 aliphatic carbocycles. The highest BCUT2D eigenvalue weighted by Crippen LogP contribution is 2.42. The Balaban J connectivity index is 2.16. The van der Waals surface area contributed by atoms with Gasteiger partial charge in [-0.15, -0.1) is 6.42 Å². The Hall–Kier alpha value is -2.20.